The Morgan fingerprint density at radius 1 is 1.35 bits per heavy atom. The average molecular weight is 299 g/mol. The number of amides is 1. The molecular formula is C15H23ClN2O2. The van der Waals surface area contributed by atoms with Gasteiger partial charge in [0, 0.05) is 11.6 Å². The van der Waals surface area contributed by atoms with Crippen LogP contribution < -0.4 is 15.8 Å². The third-order valence-electron chi connectivity index (χ3n) is 3.72. The van der Waals surface area contributed by atoms with E-state index in [-0.39, 0.29) is 5.91 Å². The molecule has 0 aliphatic heterocycles. The largest absolute Gasteiger partial charge is 0.492 e. The highest BCUT2D eigenvalue weighted by molar-refractivity contribution is 6.31. The van der Waals surface area contributed by atoms with Gasteiger partial charge in [0.2, 0.25) is 5.91 Å². The maximum atomic E-state index is 12.5. The van der Waals surface area contributed by atoms with E-state index in [4.69, 9.17) is 22.1 Å². The van der Waals surface area contributed by atoms with Crippen molar-refractivity contribution in [2.75, 3.05) is 18.5 Å². The lowest BCUT2D eigenvalue weighted by molar-refractivity contribution is -0.125. The first kappa shape index (κ1) is 16.8. The van der Waals surface area contributed by atoms with Gasteiger partial charge in [-0.1, -0.05) is 25.4 Å². The highest BCUT2D eigenvalue weighted by Gasteiger charge is 2.33. The molecule has 0 fully saturated rings. The number of rotatable bonds is 7. The summed E-state index contributed by atoms with van der Waals surface area (Å²) in [5.41, 5.74) is 5.83. The third-order valence-corrected chi connectivity index (χ3v) is 3.95. The summed E-state index contributed by atoms with van der Waals surface area (Å²) in [6.07, 6.45) is 1.38. The summed E-state index contributed by atoms with van der Waals surface area (Å²) in [6.45, 7) is 6.67. The van der Waals surface area contributed by atoms with Gasteiger partial charge in [0.05, 0.1) is 17.7 Å². The van der Waals surface area contributed by atoms with Crippen molar-refractivity contribution in [2.24, 2.45) is 11.1 Å². The van der Waals surface area contributed by atoms with Crippen LogP contribution in [0.2, 0.25) is 5.02 Å². The normalized spacial score (nSPS) is 11.2. The third kappa shape index (κ3) is 3.64. The maximum Gasteiger partial charge on any atom is 0.231 e. The van der Waals surface area contributed by atoms with Gasteiger partial charge in [0.1, 0.15) is 5.75 Å². The Morgan fingerprint density at radius 2 is 2.00 bits per heavy atom. The van der Waals surface area contributed by atoms with E-state index in [0.717, 1.165) is 0 Å². The van der Waals surface area contributed by atoms with Crippen molar-refractivity contribution in [1.29, 1.82) is 0 Å². The van der Waals surface area contributed by atoms with E-state index in [0.29, 0.717) is 42.5 Å². The van der Waals surface area contributed by atoms with Gasteiger partial charge < -0.3 is 15.8 Å². The fourth-order valence-corrected chi connectivity index (χ4v) is 2.26. The molecule has 0 saturated heterocycles. The van der Waals surface area contributed by atoms with Crippen molar-refractivity contribution in [3.05, 3.63) is 23.2 Å². The van der Waals surface area contributed by atoms with Crippen LogP contribution in [0.1, 0.15) is 33.6 Å². The summed E-state index contributed by atoms with van der Waals surface area (Å²) in [5, 5.41) is 3.45. The van der Waals surface area contributed by atoms with E-state index < -0.39 is 5.41 Å². The fourth-order valence-electron chi connectivity index (χ4n) is 2.09. The first-order chi connectivity index (χ1) is 9.52. The molecule has 0 aromatic heterocycles. The van der Waals surface area contributed by atoms with Crippen molar-refractivity contribution >= 4 is 23.2 Å². The van der Waals surface area contributed by atoms with Crippen LogP contribution in [0.5, 0.6) is 5.75 Å². The first-order valence-electron chi connectivity index (χ1n) is 6.96. The number of anilines is 1. The standard InChI is InChI=1S/C15H23ClN2O2/c1-4-15(5-2,10-17)14(19)18-12-9-11(16)7-8-13(12)20-6-3/h7-9H,4-6,10,17H2,1-3H3,(H,18,19). The Morgan fingerprint density at radius 3 is 2.50 bits per heavy atom. The van der Waals surface area contributed by atoms with Crippen LogP contribution in [0.4, 0.5) is 5.69 Å². The summed E-state index contributed by atoms with van der Waals surface area (Å²) in [5.74, 6) is 0.525. The van der Waals surface area contributed by atoms with Crippen molar-refractivity contribution in [3.8, 4) is 5.75 Å². The lowest BCUT2D eigenvalue weighted by atomic mass is 9.81. The van der Waals surface area contributed by atoms with E-state index in [1.807, 2.05) is 20.8 Å². The van der Waals surface area contributed by atoms with E-state index in [2.05, 4.69) is 5.32 Å². The van der Waals surface area contributed by atoms with Gasteiger partial charge in [-0.25, -0.2) is 0 Å². The molecule has 0 aliphatic rings. The second-order valence-electron chi connectivity index (χ2n) is 4.72. The maximum absolute atomic E-state index is 12.5. The van der Waals surface area contributed by atoms with Crippen LogP contribution in [-0.4, -0.2) is 19.1 Å². The van der Waals surface area contributed by atoms with Crippen LogP contribution in [-0.2, 0) is 4.79 Å². The zero-order chi connectivity index (χ0) is 15.2. The zero-order valence-corrected chi connectivity index (χ0v) is 13.1. The highest BCUT2D eigenvalue weighted by atomic mass is 35.5. The second-order valence-corrected chi connectivity index (χ2v) is 5.16. The van der Waals surface area contributed by atoms with Gasteiger partial charge >= 0.3 is 0 Å². The van der Waals surface area contributed by atoms with Gasteiger partial charge in [0.15, 0.2) is 0 Å². The molecule has 0 atom stereocenters. The van der Waals surface area contributed by atoms with Gasteiger partial charge in [-0.2, -0.15) is 0 Å². The quantitative estimate of drug-likeness (QED) is 0.810. The smallest absolute Gasteiger partial charge is 0.231 e. The fraction of sp³-hybridized carbons (Fsp3) is 0.533. The Kier molecular flexibility index (Phi) is 6.30. The molecule has 0 heterocycles. The van der Waals surface area contributed by atoms with Crippen LogP contribution >= 0.6 is 11.6 Å². The molecule has 0 unspecified atom stereocenters. The number of halogens is 1. The summed E-state index contributed by atoms with van der Waals surface area (Å²) in [4.78, 5) is 12.5. The predicted octanol–water partition coefficient (Wildman–Crippen LogP) is 3.44. The molecular weight excluding hydrogens is 276 g/mol. The van der Waals surface area contributed by atoms with Crippen LogP contribution in [0, 0.1) is 5.41 Å². The molecule has 1 aromatic carbocycles. The average Bonchev–Trinajstić information content (AvgIpc) is 2.44. The molecule has 0 spiro atoms. The SMILES string of the molecule is CCOc1ccc(Cl)cc1NC(=O)C(CC)(CC)CN. The summed E-state index contributed by atoms with van der Waals surface area (Å²) in [7, 11) is 0. The minimum Gasteiger partial charge on any atom is -0.492 e. The van der Waals surface area contributed by atoms with Gasteiger partial charge in [-0.15, -0.1) is 0 Å². The van der Waals surface area contributed by atoms with Crippen LogP contribution in [0.25, 0.3) is 0 Å². The second kappa shape index (κ2) is 7.50. The Hall–Kier alpha value is -1.26. The van der Waals surface area contributed by atoms with Gasteiger partial charge in [-0.3, -0.25) is 4.79 Å². The number of ether oxygens (including phenoxy) is 1. The molecule has 20 heavy (non-hydrogen) atoms. The zero-order valence-electron chi connectivity index (χ0n) is 12.3. The minimum absolute atomic E-state index is 0.0896. The van der Waals surface area contributed by atoms with Gasteiger partial charge in [0.25, 0.3) is 0 Å². The number of hydrogen-bond donors (Lipinski definition) is 2. The Labute approximate surface area is 125 Å². The first-order valence-corrected chi connectivity index (χ1v) is 7.34. The van der Waals surface area contributed by atoms with Crippen LogP contribution in [0.3, 0.4) is 0 Å². The van der Waals surface area contributed by atoms with Crippen molar-refractivity contribution in [1.82, 2.24) is 0 Å². The lowest BCUT2D eigenvalue weighted by Crippen LogP contribution is -2.41. The summed E-state index contributed by atoms with van der Waals surface area (Å²) >= 11 is 5.98. The molecule has 3 N–H and O–H groups in total. The molecule has 0 bridgehead atoms. The number of carbonyl (C=O) groups excluding carboxylic acids is 1. The molecule has 5 heteroatoms. The molecule has 112 valence electrons. The van der Waals surface area contributed by atoms with Gasteiger partial charge in [-0.05, 0) is 38.0 Å². The topological polar surface area (TPSA) is 64.3 Å². The molecule has 4 nitrogen and oxygen atoms in total. The molecule has 0 radical (unpaired) electrons. The van der Waals surface area contributed by atoms with Crippen LogP contribution in [0.15, 0.2) is 18.2 Å². The number of nitrogens with two attached hydrogens (primary N) is 1. The molecule has 1 aromatic rings. The Balaban J connectivity index is 3.02. The van der Waals surface area contributed by atoms with E-state index in [9.17, 15) is 4.79 Å². The Bertz CT molecular complexity index is 451. The minimum atomic E-state index is -0.550. The number of carbonyl (C=O) groups is 1. The highest BCUT2D eigenvalue weighted by Crippen LogP contribution is 2.32. The van der Waals surface area contributed by atoms with E-state index >= 15 is 0 Å². The lowest BCUT2D eigenvalue weighted by Gasteiger charge is -2.29. The van der Waals surface area contributed by atoms with Crippen molar-refractivity contribution < 1.29 is 9.53 Å². The van der Waals surface area contributed by atoms with Crippen molar-refractivity contribution in [3.63, 3.8) is 0 Å². The molecule has 0 aliphatic carbocycles. The summed E-state index contributed by atoms with van der Waals surface area (Å²) < 4.78 is 5.50. The number of hydrogen-bond acceptors (Lipinski definition) is 3. The number of benzene rings is 1. The van der Waals surface area contributed by atoms with Crippen molar-refractivity contribution in [2.45, 2.75) is 33.6 Å². The van der Waals surface area contributed by atoms with E-state index in [1.165, 1.54) is 0 Å². The predicted molar refractivity (Wildman–Crippen MR) is 83.3 cm³/mol. The van der Waals surface area contributed by atoms with E-state index in [1.54, 1.807) is 18.2 Å². The number of nitrogens with one attached hydrogen (secondary N) is 1. The summed E-state index contributed by atoms with van der Waals surface area (Å²) in [6, 6.07) is 5.18. The molecule has 1 amide bonds. The monoisotopic (exact) mass is 298 g/mol. The molecule has 0 saturated carbocycles. The molecule has 1 rings (SSSR count).